The predicted octanol–water partition coefficient (Wildman–Crippen LogP) is 0.715. The van der Waals surface area contributed by atoms with Gasteiger partial charge in [0.1, 0.15) is 0 Å². The van der Waals surface area contributed by atoms with E-state index in [1.165, 1.54) is 12.1 Å². The van der Waals surface area contributed by atoms with Gasteiger partial charge in [-0.15, -0.1) is 0 Å². The molecule has 0 saturated heterocycles. The largest absolute Gasteiger partial charge is 2.00 e. The van der Waals surface area contributed by atoms with Gasteiger partial charge in [-0.2, -0.15) is 0 Å². The molecule has 0 aliphatic carbocycles. The van der Waals surface area contributed by atoms with Crippen LogP contribution < -0.4 is 10.2 Å². The SMILES string of the molecule is Cc1ccccc1C(=O)[O-].Cc1ccccc1C(=O)[O-].[Cu+2]. The second-order valence-electron chi connectivity index (χ2n) is 4.20. The maximum absolute atomic E-state index is 10.3. The number of rotatable bonds is 2. The Morgan fingerprint density at radius 2 is 1.00 bits per heavy atom. The first-order valence-corrected chi connectivity index (χ1v) is 5.97. The Balaban J connectivity index is 0.000000364. The summed E-state index contributed by atoms with van der Waals surface area (Å²) < 4.78 is 0. The third kappa shape index (κ3) is 5.81. The zero-order chi connectivity index (χ0) is 15.1. The second-order valence-corrected chi connectivity index (χ2v) is 4.20. The summed E-state index contributed by atoms with van der Waals surface area (Å²) in [5.74, 6) is -2.23. The molecule has 5 heteroatoms. The summed E-state index contributed by atoms with van der Waals surface area (Å²) in [7, 11) is 0. The summed E-state index contributed by atoms with van der Waals surface area (Å²) in [5, 5.41) is 20.6. The van der Waals surface area contributed by atoms with Crippen LogP contribution in [0.3, 0.4) is 0 Å². The molecule has 0 N–H and O–H groups in total. The number of aromatic carboxylic acids is 2. The van der Waals surface area contributed by atoms with Gasteiger partial charge in [0.05, 0.1) is 11.9 Å². The topological polar surface area (TPSA) is 80.3 Å². The van der Waals surface area contributed by atoms with Crippen molar-refractivity contribution in [1.82, 2.24) is 0 Å². The molecule has 0 aromatic heterocycles. The predicted molar refractivity (Wildman–Crippen MR) is 71.0 cm³/mol. The number of carbonyl (C=O) groups excluding carboxylic acids is 2. The first-order valence-electron chi connectivity index (χ1n) is 5.97. The second kappa shape index (κ2) is 8.95. The summed E-state index contributed by atoms with van der Waals surface area (Å²) in [6, 6.07) is 13.5. The normalized spacial score (nSPS) is 8.86. The molecule has 0 amide bonds. The quantitative estimate of drug-likeness (QED) is 0.758. The Kier molecular flexibility index (Phi) is 8.05. The van der Waals surface area contributed by atoms with Crippen LogP contribution in [-0.2, 0) is 17.1 Å². The Hall–Kier alpha value is -2.10. The number of benzene rings is 2. The summed E-state index contributed by atoms with van der Waals surface area (Å²) in [4.78, 5) is 20.6. The summed E-state index contributed by atoms with van der Waals surface area (Å²) >= 11 is 0. The Labute approximate surface area is 133 Å². The molecule has 0 unspecified atom stereocenters. The molecule has 21 heavy (non-hydrogen) atoms. The summed E-state index contributed by atoms with van der Waals surface area (Å²) in [6.07, 6.45) is 0. The standard InChI is InChI=1S/2C8H8O2.Cu/c2*1-6-4-2-3-5-7(6)8(9)10;/h2*2-5H,1H3,(H,9,10);/q;;+2/p-2. The van der Waals surface area contributed by atoms with Gasteiger partial charge in [-0.3, -0.25) is 0 Å². The molecule has 2 aromatic rings. The van der Waals surface area contributed by atoms with Gasteiger partial charge in [-0.25, -0.2) is 0 Å². The molecule has 4 nitrogen and oxygen atoms in total. The van der Waals surface area contributed by atoms with Crippen molar-refractivity contribution < 1.29 is 36.9 Å². The fourth-order valence-corrected chi connectivity index (χ4v) is 1.60. The van der Waals surface area contributed by atoms with Crippen molar-refractivity contribution in [1.29, 1.82) is 0 Å². The molecule has 0 bridgehead atoms. The maximum Gasteiger partial charge on any atom is 2.00 e. The van der Waals surface area contributed by atoms with Gasteiger partial charge in [0.25, 0.3) is 0 Å². The van der Waals surface area contributed by atoms with Crippen molar-refractivity contribution in [2.75, 3.05) is 0 Å². The van der Waals surface area contributed by atoms with Crippen LogP contribution in [0, 0.1) is 13.8 Å². The van der Waals surface area contributed by atoms with Crippen molar-refractivity contribution >= 4 is 11.9 Å². The molecule has 0 saturated carbocycles. The fourth-order valence-electron chi connectivity index (χ4n) is 1.60. The van der Waals surface area contributed by atoms with E-state index in [0.29, 0.717) is 0 Å². The molecule has 2 rings (SSSR count). The van der Waals surface area contributed by atoms with Crippen molar-refractivity contribution in [3.05, 3.63) is 70.8 Å². The van der Waals surface area contributed by atoms with E-state index >= 15 is 0 Å². The average Bonchev–Trinajstić information content (AvgIpc) is 2.40. The molecule has 0 atom stereocenters. The minimum Gasteiger partial charge on any atom is -0.545 e. The van der Waals surface area contributed by atoms with Crippen molar-refractivity contribution in [2.45, 2.75) is 13.8 Å². The van der Waals surface area contributed by atoms with Gasteiger partial charge in [0.15, 0.2) is 0 Å². The molecule has 0 spiro atoms. The molecule has 0 heterocycles. The Bertz CT molecular complexity index is 568. The van der Waals surface area contributed by atoms with Crippen LogP contribution in [0.2, 0.25) is 0 Å². The number of hydrogen-bond donors (Lipinski definition) is 0. The number of carboxylic acids is 2. The van der Waals surface area contributed by atoms with Crippen LogP contribution in [-0.4, -0.2) is 11.9 Å². The Morgan fingerprint density at radius 1 is 0.714 bits per heavy atom. The molecular weight excluding hydrogens is 320 g/mol. The van der Waals surface area contributed by atoms with Gasteiger partial charge in [0.2, 0.25) is 0 Å². The molecule has 0 aliphatic heterocycles. The molecule has 0 aliphatic rings. The van der Waals surface area contributed by atoms with E-state index in [4.69, 9.17) is 0 Å². The van der Waals surface area contributed by atoms with Gasteiger partial charge in [-0.1, -0.05) is 48.5 Å². The van der Waals surface area contributed by atoms with Crippen molar-refractivity contribution in [3.63, 3.8) is 0 Å². The molecule has 113 valence electrons. The van der Waals surface area contributed by atoms with E-state index in [2.05, 4.69) is 0 Å². The minimum atomic E-state index is -1.11. The van der Waals surface area contributed by atoms with Gasteiger partial charge in [-0.05, 0) is 25.0 Å². The van der Waals surface area contributed by atoms with Crippen LogP contribution in [0.1, 0.15) is 31.8 Å². The van der Waals surface area contributed by atoms with Crippen LogP contribution in [0.4, 0.5) is 0 Å². The third-order valence-corrected chi connectivity index (χ3v) is 2.73. The zero-order valence-corrected chi connectivity index (χ0v) is 12.5. The average molecular weight is 334 g/mol. The van der Waals surface area contributed by atoms with Gasteiger partial charge < -0.3 is 19.8 Å². The van der Waals surface area contributed by atoms with Crippen LogP contribution >= 0.6 is 0 Å². The van der Waals surface area contributed by atoms with Crippen molar-refractivity contribution in [2.24, 2.45) is 0 Å². The zero-order valence-electron chi connectivity index (χ0n) is 11.6. The van der Waals surface area contributed by atoms with Gasteiger partial charge in [0, 0.05) is 11.1 Å². The molecule has 2 aromatic carbocycles. The van der Waals surface area contributed by atoms with Gasteiger partial charge >= 0.3 is 17.1 Å². The monoisotopic (exact) mass is 333 g/mol. The van der Waals surface area contributed by atoms with E-state index in [1.807, 2.05) is 0 Å². The molecule has 0 fully saturated rings. The van der Waals surface area contributed by atoms with Crippen LogP contribution in [0.5, 0.6) is 0 Å². The first kappa shape index (κ1) is 18.9. The Morgan fingerprint density at radius 3 is 1.19 bits per heavy atom. The number of aryl methyl sites for hydroxylation is 2. The maximum atomic E-state index is 10.3. The van der Waals surface area contributed by atoms with E-state index in [1.54, 1.807) is 50.2 Å². The van der Waals surface area contributed by atoms with Crippen molar-refractivity contribution in [3.8, 4) is 0 Å². The molecule has 1 radical (unpaired) electrons. The number of carboxylic acid groups (broad SMARTS) is 2. The molecular formula is C16H14CuO4. The number of carbonyl (C=O) groups is 2. The smallest absolute Gasteiger partial charge is 0.545 e. The summed E-state index contributed by atoms with van der Waals surface area (Å²) in [5.41, 5.74) is 2.01. The van der Waals surface area contributed by atoms with E-state index in [0.717, 1.165) is 11.1 Å². The van der Waals surface area contributed by atoms with E-state index < -0.39 is 11.9 Å². The fraction of sp³-hybridized carbons (Fsp3) is 0.125. The summed E-state index contributed by atoms with van der Waals surface area (Å²) in [6.45, 7) is 3.48. The number of hydrogen-bond acceptors (Lipinski definition) is 4. The minimum absolute atomic E-state index is 0. The third-order valence-electron chi connectivity index (χ3n) is 2.73. The first-order chi connectivity index (χ1) is 9.43. The van der Waals surface area contributed by atoms with E-state index in [9.17, 15) is 19.8 Å². The van der Waals surface area contributed by atoms with Crippen LogP contribution in [0.25, 0.3) is 0 Å². The van der Waals surface area contributed by atoms with Crippen LogP contribution in [0.15, 0.2) is 48.5 Å². The van der Waals surface area contributed by atoms with E-state index in [-0.39, 0.29) is 28.2 Å².